The van der Waals surface area contributed by atoms with Crippen molar-refractivity contribution in [2.45, 2.75) is 58.2 Å². The highest BCUT2D eigenvalue weighted by Gasteiger charge is 2.45. The molecule has 2 fully saturated rings. The number of carbonyl (C=O) groups is 1. The molecular weight excluding hydrogens is 282 g/mol. The molecule has 0 spiro atoms. The highest BCUT2D eigenvalue weighted by molar-refractivity contribution is 5.78. The van der Waals surface area contributed by atoms with Crippen LogP contribution < -0.4 is 10.9 Å². The smallest absolute Gasteiger partial charge is 0.266 e. The van der Waals surface area contributed by atoms with Crippen LogP contribution in [0.25, 0.3) is 0 Å². The molecule has 0 aliphatic heterocycles. The van der Waals surface area contributed by atoms with Crippen molar-refractivity contribution in [3.05, 3.63) is 22.1 Å². The van der Waals surface area contributed by atoms with Crippen LogP contribution in [0.2, 0.25) is 0 Å². The molecule has 22 heavy (non-hydrogen) atoms. The number of nitrogens with one attached hydrogen (secondary N) is 2. The number of aromatic amines is 1. The summed E-state index contributed by atoms with van der Waals surface area (Å²) in [6.07, 6.45) is 2.79. The van der Waals surface area contributed by atoms with Crippen molar-refractivity contribution >= 4 is 5.91 Å². The van der Waals surface area contributed by atoms with Gasteiger partial charge in [0.25, 0.3) is 5.56 Å². The highest BCUT2D eigenvalue weighted by Crippen LogP contribution is 2.44. The minimum atomic E-state index is -0.268. The fraction of sp³-hybridized carbons (Fsp3) is 0.750. The summed E-state index contributed by atoms with van der Waals surface area (Å²) in [6, 6.07) is 1.59. The molecule has 1 amide bonds. The van der Waals surface area contributed by atoms with E-state index in [9.17, 15) is 14.7 Å². The molecule has 6 heteroatoms. The number of rotatable bonds is 5. The number of H-pyrrole nitrogens is 1. The molecule has 1 heterocycles. The fourth-order valence-corrected chi connectivity index (χ4v) is 3.99. The van der Waals surface area contributed by atoms with Gasteiger partial charge in [0.2, 0.25) is 5.91 Å². The Morgan fingerprint density at radius 1 is 1.45 bits per heavy atom. The number of fused-ring (bicyclic) bond motifs is 2. The van der Waals surface area contributed by atoms with Crippen LogP contribution in [-0.2, 0) is 17.8 Å². The monoisotopic (exact) mass is 307 g/mol. The molecule has 1 aromatic heterocycles. The van der Waals surface area contributed by atoms with Crippen LogP contribution in [0, 0.1) is 17.8 Å². The predicted octanol–water partition coefficient (Wildman–Crippen LogP) is 0.650. The van der Waals surface area contributed by atoms with Crippen LogP contribution in [-0.4, -0.2) is 32.9 Å². The summed E-state index contributed by atoms with van der Waals surface area (Å²) in [5.74, 6) is 1.05. The first-order chi connectivity index (χ1) is 10.4. The summed E-state index contributed by atoms with van der Waals surface area (Å²) in [4.78, 5) is 24.0. The number of aliphatic hydroxyl groups is 1. The zero-order valence-electron chi connectivity index (χ0n) is 13.2. The molecule has 3 N–H and O–H groups in total. The predicted molar refractivity (Wildman–Crippen MR) is 82.4 cm³/mol. The standard InChI is InChI=1S/C16H25N3O3/c1-9(2)8-19-16(22)7-11(18-19)6-15(21)17-13-4-10-3-12(13)14(20)5-10/h7,9-10,12-14,18,20H,3-6,8H2,1-2H3,(H,17,21)/t10-,12+,13-,14+/m1/s1. The van der Waals surface area contributed by atoms with Gasteiger partial charge in [-0.15, -0.1) is 0 Å². The Kier molecular flexibility index (Phi) is 4.12. The van der Waals surface area contributed by atoms with E-state index in [1.807, 2.05) is 13.8 Å². The van der Waals surface area contributed by atoms with E-state index in [2.05, 4.69) is 10.4 Å². The van der Waals surface area contributed by atoms with Crippen molar-refractivity contribution in [3.8, 4) is 0 Å². The molecule has 0 saturated heterocycles. The number of amides is 1. The third-order valence-corrected chi connectivity index (χ3v) is 4.87. The Hall–Kier alpha value is -1.56. The molecule has 3 rings (SSSR count). The average Bonchev–Trinajstić information content (AvgIpc) is 3.03. The van der Waals surface area contributed by atoms with Gasteiger partial charge in [-0.3, -0.25) is 19.4 Å². The van der Waals surface area contributed by atoms with E-state index in [0.29, 0.717) is 24.1 Å². The molecule has 2 bridgehead atoms. The molecule has 2 aliphatic carbocycles. The summed E-state index contributed by atoms with van der Waals surface area (Å²) >= 11 is 0. The van der Waals surface area contributed by atoms with Gasteiger partial charge in [0.05, 0.1) is 12.5 Å². The van der Waals surface area contributed by atoms with Crippen molar-refractivity contribution in [2.75, 3.05) is 0 Å². The fourth-order valence-electron chi connectivity index (χ4n) is 3.99. The number of aromatic nitrogens is 2. The normalized spacial score (nSPS) is 30.2. The first-order valence-electron chi connectivity index (χ1n) is 8.18. The van der Waals surface area contributed by atoms with Crippen molar-refractivity contribution in [1.29, 1.82) is 0 Å². The van der Waals surface area contributed by atoms with Crippen LogP contribution in [0.3, 0.4) is 0 Å². The van der Waals surface area contributed by atoms with E-state index >= 15 is 0 Å². The largest absolute Gasteiger partial charge is 0.393 e. The van der Waals surface area contributed by atoms with E-state index in [1.54, 1.807) is 4.68 Å². The van der Waals surface area contributed by atoms with Crippen LogP contribution in [0.15, 0.2) is 10.9 Å². The van der Waals surface area contributed by atoms with Gasteiger partial charge in [-0.1, -0.05) is 13.8 Å². The molecule has 4 atom stereocenters. The molecule has 122 valence electrons. The number of aliphatic hydroxyl groups excluding tert-OH is 1. The molecule has 1 aromatic rings. The second-order valence-electron chi connectivity index (χ2n) is 7.28. The first kappa shape index (κ1) is 15.3. The maximum absolute atomic E-state index is 12.2. The van der Waals surface area contributed by atoms with Crippen LogP contribution in [0.5, 0.6) is 0 Å². The third kappa shape index (κ3) is 3.11. The lowest BCUT2D eigenvalue weighted by Gasteiger charge is -2.26. The van der Waals surface area contributed by atoms with Gasteiger partial charge in [-0.2, -0.15) is 0 Å². The Balaban J connectivity index is 1.57. The summed E-state index contributed by atoms with van der Waals surface area (Å²) in [5.41, 5.74) is 0.554. The van der Waals surface area contributed by atoms with Gasteiger partial charge >= 0.3 is 0 Å². The molecule has 2 saturated carbocycles. The SMILES string of the molecule is CC(C)Cn1[nH]c(CC(=O)N[C@@H]2C[C@H]3C[C@@H]2[C@@H](O)C3)cc1=O. The van der Waals surface area contributed by atoms with Crippen molar-refractivity contribution in [3.63, 3.8) is 0 Å². The van der Waals surface area contributed by atoms with Crippen molar-refractivity contribution in [2.24, 2.45) is 17.8 Å². The van der Waals surface area contributed by atoms with Gasteiger partial charge < -0.3 is 10.4 Å². The number of carbonyl (C=O) groups excluding carboxylic acids is 1. The topological polar surface area (TPSA) is 87.1 Å². The van der Waals surface area contributed by atoms with Crippen molar-refractivity contribution < 1.29 is 9.90 Å². The quantitative estimate of drug-likeness (QED) is 0.746. The minimum absolute atomic E-state index is 0.0808. The van der Waals surface area contributed by atoms with E-state index in [0.717, 1.165) is 19.3 Å². The van der Waals surface area contributed by atoms with Crippen molar-refractivity contribution in [1.82, 2.24) is 15.1 Å². The number of hydrogen-bond acceptors (Lipinski definition) is 3. The first-order valence-corrected chi connectivity index (χ1v) is 8.18. The molecule has 2 aliphatic rings. The van der Waals surface area contributed by atoms with E-state index in [1.165, 1.54) is 6.07 Å². The van der Waals surface area contributed by atoms with E-state index < -0.39 is 0 Å². The lowest BCUT2D eigenvalue weighted by Crippen LogP contribution is -2.43. The molecule has 0 unspecified atom stereocenters. The van der Waals surface area contributed by atoms with Gasteiger partial charge in [0.15, 0.2) is 0 Å². The van der Waals surface area contributed by atoms with Crippen LogP contribution in [0.1, 0.15) is 38.8 Å². The summed E-state index contributed by atoms with van der Waals surface area (Å²) in [5, 5.41) is 15.9. The molecule has 0 aromatic carbocycles. The Labute approximate surface area is 129 Å². The second-order valence-corrected chi connectivity index (χ2v) is 7.28. The zero-order chi connectivity index (χ0) is 15.9. The Morgan fingerprint density at radius 2 is 2.23 bits per heavy atom. The Bertz CT molecular complexity index is 604. The second kappa shape index (κ2) is 5.91. The Morgan fingerprint density at radius 3 is 2.86 bits per heavy atom. The summed E-state index contributed by atoms with van der Waals surface area (Å²) in [6.45, 7) is 4.71. The van der Waals surface area contributed by atoms with Gasteiger partial charge in [0, 0.05) is 30.3 Å². The third-order valence-electron chi connectivity index (χ3n) is 4.87. The number of hydrogen-bond donors (Lipinski definition) is 3. The van der Waals surface area contributed by atoms with E-state index in [-0.39, 0.29) is 36.0 Å². The van der Waals surface area contributed by atoms with Gasteiger partial charge in [-0.25, -0.2) is 0 Å². The summed E-state index contributed by atoms with van der Waals surface area (Å²) < 4.78 is 1.55. The lowest BCUT2D eigenvalue weighted by atomic mass is 9.92. The number of nitrogens with zero attached hydrogens (tertiary/aromatic N) is 1. The lowest BCUT2D eigenvalue weighted by molar-refractivity contribution is -0.121. The van der Waals surface area contributed by atoms with Gasteiger partial charge in [0.1, 0.15) is 0 Å². The van der Waals surface area contributed by atoms with Crippen LogP contribution >= 0.6 is 0 Å². The molecule has 0 radical (unpaired) electrons. The maximum Gasteiger partial charge on any atom is 0.266 e. The van der Waals surface area contributed by atoms with Gasteiger partial charge in [-0.05, 0) is 31.1 Å². The van der Waals surface area contributed by atoms with Crippen LogP contribution in [0.4, 0.5) is 0 Å². The summed E-state index contributed by atoms with van der Waals surface area (Å²) in [7, 11) is 0. The minimum Gasteiger partial charge on any atom is -0.393 e. The maximum atomic E-state index is 12.2. The average molecular weight is 307 g/mol. The zero-order valence-corrected chi connectivity index (χ0v) is 13.2. The van der Waals surface area contributed by atoms with E-state index in [4.69, 9.17) is 0 Å². The molecular formula is C16H25N3O3. The molecule has 6 nitrogen and oxygen atoms in total. The highest BCUT2D eigenvalue weighted by atomic mass is 16.3.